The average molecular weight is 262 g/mol. The lowest BCUT2D eigenvalue weighted by Crippen LogP contribution is -2.51. The van der Waals surface area contributed by atoms with Gasteiger partial charge in [-0.1, -0.05) is 6.07 Å². The number of piperidine rings is 1. The van der Waals surface area contributed by atoms with Gasteiger partial charge in [-0.25, -0.2) is 0 Å². The van der Waals surface area contributed by atoms with Crippen molar-refractivity contribution >= 4 is 5.91 Å². The van der Waals surface area contributed by atoms with Gasteiger partial charge in [-0.2, -0.15) is 0 Å². The maximum atomic E-state index is 12.4. The number of carbonyl (C=O) groups is 1. The second-order valence-corrected chi connectivity index (χ2v) is 5.33. The molecule has 1 aromatic carbocycles. The van der Waals surface area contributed by atoms with E-state index in [0.717, 1.165) is 31.7 Å². The molecule has 4 heteroatoms. The van der Waals surface area contributed by atoms with Crippen LogP contribution in [0.3, 0.4) is 0 Å². The van der Waals surface area contributed by atoms with Crippen molar-refractivity contribution in [1.82, 2.24) is 10.2 Å². The summed E-state index contributed by atoms with van der Waals surface area (Å²) in [6, 6.07) is 7.35. The largest absolute Gasteiger partial charge is 0.497 e. The summed E-state index contributed by atoms with van der Waals surface area (Å²) in [6.45, 7) is 3.81. The van der Waals surface area contributed by atoms with E-state index in [1.165, 1.54) is 0 Å². The molecule has 0 radical (unpaired) electrons. The van der Waals surface area contributed by atoms with Gasteiger partial charge in [-0.15, -0.1) is 0 Å². The first-order valence-electron chi connectivity index (χ1n) is 6.70. The van der Waals surface area contributed by atoms with Gasteiger partial charge in [-0.3, -0.25) is 4.79 Å². The lowest BCUT2D eigenvalue weighted by Gasteiger charge is -2.39. The van der Waals surface area contributed by atoms with Gasteiger partial charge in [0.2, 0.25) is 0 Å². The summed E-state index contributed by atoms with van der Waals surface area (Å²) in [5, 5.41) is 3.34. The van der Waals surface area contributed by atoms with Crippen LogP contribution in [-0.4, -0.2) is 43.6 Å². The van der Waals surface area contributed by atoms with Crippen molar-refractivity contribution in [3.63, 3.8) is 0 Å². The smallest absolute Gasteiger partial charge is 0.253 e. The second kappa shape index (κ2) is 5.61. The summed E-state index contributed by atoms with van der Waals surface area (Å²) >= 11 is 0. The zero-order valence-electron chi connectivity index (χ0n) is 11.9. The number of carbonyl (C=O) groups excluding carboxylic acids is 1. The first-order valence-corrected chi connectivity index (χ1v) is 6.70. The van der Waals surface area contributed by atoms with E-state index >= 15 is 0 Å². The molecule has 0 bridgehead atoms. The van der Waals surface area contributed by atoms with Crippen molar-refractivity contribution < 1.29 is 9.53 Å². The fourth-order valence-corrected chi connectivity index (χ4v) is 2.39. The van der Waals surface area contributed by atoms with Crippen LogP contribution < -0.4 is 10.1 Å². The van der Waals surface area contributed by atoms with E-state index in [4.69, 9.17) is 4.74 Å². The molecule has 1 N–H and O–H groups in total. The second-order valence-electron chi connectivity index (χ2n) is 5.33. The minimum atomic E-state index is 0.0945. The molecule has 0 saturated carbocycles. The number of benzene rings is 1. The minimum Gasteiger partial charge on any atom is -0.497 e. The number of nitrogens with one attached hydrogen (secondary N) is 1. The van der Waals surface area contributed by atoms with E-state index < -0.39 is 0 Å². The van der Waals surface area contributed by atoms with Gasteiger partial charge in [-0.05, 0) is 45.0 Å². The number of nitrogens with zero attached hydrogens (tertiary/aromatic N) is 1. The molecule has 0 aliphatic carbocycles. The molecule has 0 atom stereocenters. The van der Waals surface area contributed by atoms with Gasteiger partial charge in [0.1, 0.15) is 5.75 Å². The number of likely N-dealkylation sites (tertiary alicyclic amines) is 1. The summed E-state index contributed by atoms with van der Waals surface area (Å²) in [4.78, 5) is 14.3. The first kappa shape index (κ1) is 13.9. The van der Waals surface area contributed by atoms with E-state index in [-0.39, 0.29) is 11.4 Å². The van der Waals surface area contributed by atoms with Crippen LogP contribution in [0.1, 0.15) is 30.1 Å². The molecule has 2 rings (SSSR count). The summed E-state index contributed by atoms with van der Waals surface area (Å²) in [7, 11) is 3.60. The molecule has 0 spiro atoms. The Labute approximate surface area is 114 Å². The number of hydrogen-bond acceptors (Lipinski definition) is 3. The Balaban J connectivity index is 2.05. The zero-order chi connectivity index (χ0) is 13.9. The lowest BCUT2D eigenvalue weighted by molar-refractivity contribution is 0.0661. The van der Waals surface area contributed by atoms with Gasteiger partial charge >= 0.3 is 0 Å². The van der Waals surface area contributed by atoms with Gasteiger partial charge in [0.05, 0.1) is 7.11 Å². The minimum absolute atomic E-state index is 0.0945. The number of methoxy groups -OCH3 is 1. The molecule has 1 aliphatic heterocycles. The third-order valence-electron chi connectivity index (χ3n) is 4.07. The first-order chi connectivity index (χ1) is 9.08. The maximum Gasteiger partial charge on any atom is 0.253 e. The van der Waals surface area contributed by atoms with Gasteiger partial charge in [0.25, 0.3) is 5.91 Å². The molecule has 19 heavy (non-hydrogen) atoms. The third-order valence-corrected chi connectivity index (χ3v) is 4.07. The SMILES string of the molecule is CNC1(C)CCN(C(=O)c2cccc(OC)c2)CC1. The number of rotatable bonds is 3. The highest BCUT2D eigenvalue weighted by atomic mass is 16.5. The van der Waals surface area contributed by atoms with Crippen LogP contribution >= 0.6 is 0 Å². The van der Waals surface area contributed by atoms with Gasteiger partial charge in [0.15, 0.2) is 0 Å². The molecule has 4 nitrogen and oxygen atoms in total. The number of ether oxygens (including phenoxy) is 1. The summed E-state index contributed by atoms with van der Waals surface area (Å²) in [5.74, 6) is 0.819. The van der Waals surface area contributed by atoms with Crippen LogP contribution in [0.4, 0.5) is 0 Å². The quantitative estimate of drug-likeness (QED) is 0.904. The molecule has 1 aromatic rings. The fourth-order valence-electron chi connectivity index (χ4n) is 2.39. The molecule has 0 aromatic heterocycles. The highest BCUT2D eigenvalue weighted by molar-refractivity contribution is 5.94. The molecule has 1 amide bonds. The Hall–Kier alpha value is -1.55. The molecule has 1 aliphatic rings. The normalized spacial score (nSPS) is 18.2. The van der Waals surface area contributed by atoms with E-state index in [1.807, 2.05) is 30.1 Å². The maximum absolute atomic E-state index is 12.4. The number of hydrogen-bond donors (Lipinski definition) is 1. The monoisotopic (exact) mass is 262 g/mol. The Bertz CT molecular complexity index is 451. The Morgan fingerprint density at radius 1 is 1.37 bits per heavy atom. The predicted octanol–water partition coefficient (Wildman–Crippen LogP) is 1.91. The van der Waals surface area contributed by atoms with Crippen LogP contribution in [0.25, 0.3) is 0 Å². The van der Waals surface area contributed by atoms with Crippen LogP contribution in [0.15, 0.2) is 24.3 Å². The van der Waals surface area contributed by atoms with E-state index in [1.54, 1.807) is 13.2 Å². The molecular formula is C15H22N2O2. The van der Waals surface area contributed by atoms with Crippen molar-refractivity contribution in [2.45, 2.75) is 25.3 Å². The van der Waals surface area contributed by atoms with Crippen molar-refractivity contribution in [3.8, 4) is 5.75 Å². The van der Waals surface area contributed by atoms with Crippen LogP contribution in [-0.2, 0) is 0 Å². The van der Waals surface area contributed by atoms with Crippen LogP contribution in [0, 0.1) is 0 Å². The molecule has 1 fully saturated rings. The highest BCUT2D eigenvalue weighted by Crippen LogP contribution is 2.23. The van der Waals surface area contributed by atoms with Gasteiger partial charge in [0, 0.05) is 24.2 Å². The molecule has 0 unspecified atom stereocenters. The topological polar surface area (TPSA) is 41.6 Å². The Morgan fingerprint density at radius 2 is 2.05 bits per heavy atom. The summed E-state index contributed by atoms with van der Waals surface area (Å²) < 4.78 is 5.16. The Kier molecular flexibility index (Phi) is 4.10. The average Bonchev–Trinajstić information content (AvgIpc) is 2.47. The lowest BCUT2D eigenvalue weighted by atomic mass is 9.89. The standard InChI is InChI=1S/C15H22N2O2/c1-15(16-2)7-9-17(10-8-15)14(18)12-5-4-6-13(11-12)19-3/h4-6,11,16H,7-10H2,1-3H3. The van der Waals surface area contributed by atoms with Crippen LogP contribution in [0.5, 0.6) is 5.75 Å². The molecule has 1 saturated heterocycles. The predicted molar refractivity (Wildman–Crippen MR) is 75.6 cm³/mol. The molecule has 1 heterocycles. The van der Waals surface area contributed by atoms with Crippen molar-refractivity contribution in [2.75, 3.05) is 27.2 Å². The molecular weight excluding hydrogens is 240 g/mol. The van der Waals surface area contributed by atoms with Crippen molar-refractivity contribution in [2.24, 2.45) is 0 Å². The third kappa shape index (κ3) is 3.07. The summed E-state index contributed by atoms with van der Waals surface area (Å²) in [6.07, 6.45) is 1.97. The van der Waals surface area contributed by atoms with Gasteiger partial charge < -0.3 is 15.0 Å². The van der Waals surface area contributed by atoms with Crippen LogP contribution in [0.2, 0.25) is 0 Å². The van der Waals surface area contributed by atoms with E-state index in [0.29, 0.717) is 5.56 Å². The summed E-state index contributed by atoms with van der Waals surface area (Å²) in [5.41, 5.74) is 0.859. The van der Waals surface area contributed by atoms with Crippen molar-refractivity contribution in [1.29, 1.82) is 0 Å². The number of amides is 1. The zero-order valence-corrected chi connectivity index (χ0v) is 11.9. The Morgan fingerprint density at radius 3 is 2.63 bits per heavy atom. The highest BCUT2D eigenvalue weighted by Gasteiger charge is 2.30. The van der Waals surface area contributed by atoms with E-state index in [9.17, 15) is 4.79 Å². The molecule has 104 valence electrons. The fraction of sp³-hybridized carbons (Fsp3) is 0.533. The van der Waals surface area contributed by atoms with E-state index in [2.05, 4.69) is 12.2 Å². The van der Waals surface area contributed by atoms with Crippen molar-refractivity contribution in [3.05, 3.63) is 29.8 Å².